The summed E-state index contributed by atoms with van der Waals surface area (Å²) < 4.78 is 5.02. The van der Waals surface area contributed by atoms with E-state index in [0.29, 0.717) is 6.01 Å². The van der Waals surface area contributed by atoms with E-state index in [9.17, 15) is 0 Å². The molecule has 4 rings (SSSR count). The molecule has 0 atom stereocenters. The highest BCUT2D eigenvalue weighted by molar-refractivity contribution is 5.29. The van der Waals surface area contributed by atoms with Crippen molar-refractivity contribution in [3.05, 3.63) is 53.3 Å². The summed E-state index contributed by atoms with van der Waals surface area (Å²) in [6.45, 7) is 5.55. The summed E-state index contributed by atoms with van der Waals surface area (Å²) in [5, 5.41) is 0. The largest absolute Gasteiger partial charge is 0.467 e. The van der Waals surface area contributed by atoms with Gasteiger partial charge in [0.05, 0.1) is 7.11 Å². The number of hydrogen-bond acceptors (Lipinski definition) is 5. The number of likely N-dealkylation sites (tertiary alicyclic amines) is 1. The quantitative estimate of drug-likeness (QED) is 0.857. The lowest BCUT2D eigenvalue weighted by Crippen LogP contribution is -2.46. The molecule has 0 N–H and O–H groups in total. The zero-order valence-corrected chi connectivity index (χ0v) is 14.9. The minimum Gasteiger partial charge on any atom is -0.467 e. The Hall–Kier alpha value is -1.98. The normalized spacial score (nSPS) is 19.6. The lowest BCUT2D eigenvalue weighted by atomic mass is 9.95. The number of aromatic nitrogens is 2. The average Bonchev–Trinajstić information content (AvgIpc) is 2.69. The second-order valence-corrected chi connectivity index (χ2v) is 7.07. The van der Waals surface area contributed by atoms with Crippen LogP contribution in [0.4, 0.5) is 0 Å². The Bertz CT molecular complexity index is 695. The predicted molar refractivity (Wildman–Crippen MR) is 97.4 cm³/mol. The van der Waals surface area contributed by atoms with Crippen molar-refractivity contribution in [2.75, 3.05) is 26.7 Å². The van der Waals surface area contributed by atoms with Gasteiger partial charge < -0.3 is 4.74 Å². The van der Waals surface area contributed by atoms with Crippen LogP contribution in [-0.2, 0) is 19.5 Å². The molecule has 5 nitrogen and oxygen atoms in total. The molecule has 3 heterocycles. The Kier molecular flexibility index (Phi) is 4.95. The molecule has 0 bridgehead atoms. The number of hydrogen-bond donors (Lipinski definition) is 0. The van der Waals surface area contributed by atoms with E-state index in [1.54, 1.807) is 7.11 Å². The van der Waals surface area contributed by atoms with Crippen LogP contribution in [-0.4, -0.2) is 52.6 Å². The highest BCUT2D eigenvalue weighted by atomic mass is 16.5. The number of rotatable bonds is 4. The van der Waals surface area contributed by atoms with Crippen LogP contribution in [0.3, 0.4) is 0 Å². The maximum atomic E-state index is 5.02. The first kappa shape index (κ1) is 16.5. The Morgan fingerprint density at radius 1 is 1.04 bits per heavy atom. The van der Waals surface area contributed by atoms with Crippen LogP contribution >= 0.6 is 0 Å². The van der Waals surface area contributed by atoms with Gasteiger partial charge >= 0.3 is 6.01 Å². The molecule has 0 radical (unpaired) electrons. The molecule has 1 aromatic carbocycles. The van der Waals surface area contributed by atoms with E-state index < -0.39 is 0 Å². The summed E-state index contributed by atoms with van der Waals surface area (Å²) in [4.78, 5) is 13.6. The van der Waals surface area contributed by atoms with E-state index in [0.717, 1.165) is 37.8 Å². The van der Waals surface area contributed by atoms with Crippen molar-refractivity contribution in [3.63, 3.8) is 0 Å². The van der Waals surface area contributed by atoms with Gasteiger partial charge in [-0.15, -0.1) is 0 Å². The summed E-state index contributed by atoms with van der Waals surface area (Å²) in [6.07, 6.45) is 7.44. The zero-order chi connectivity index (χ0) is 17.1. The van der Waals surface area contributed by atoms with Crippen molar-refractivity contribution in [2.24, 2.45) is 0 Å². The lowest BCUT2D eigenvalue weighted by Gasteiger charge is -2.40. The van der Waals surface area contributed by atoms with Gasteiger partial charge in [0.15, 0.2) is 0 Å². The molecule has 132 valence electrons. The van der Waals surface area contributed by atoms with Crippen molar-refractivity contribution in [1.29, 1.82) is 0 Å². The number of piperidine rings is 1. The van der Waals surface area contributed by atoms with Gasteiger partial charge in [0, 0.05) is 43.6 Å². The second kappa shape index (κ2) is 7.50. The monoisotopic (exact) mass is 338 g/mol. The van der Waals surface area contributed by atoms with Crippen LogP contribution in [0.25, 0.3) is 0 Å². The highest BCUT2D eigenvalue weighted by Crippen LogP contribution is 2.25. The molecule has 0 spiro atoms. The fraction of sp³-hybridized carbons (Fsp3) is 0.500. The van der Waals surface area contributed by atoms with E-state index >= 15 is 0 Å². The van der Waals surface area contributed by atoms with Gasteiger partial charge in [0.1, 0.15) is 0 Å². The average molecular weight is 338 g/mol. The van der Waals surface area contributed by atoms with Crippen molar-refractivity contribution in [3.8, 4) is 6.01 Å². The first-order valence-corrected chi connectivity index (χ1v) is 9.20. The second-order valence-electron chi connectivity index (χ2n) is 7.07. The van der Waals surface area contributed by atoms with Crippen LogP contribution in [0, 0.1) is 0 Å². The van der Waals surface area contributed by atoms with E-state index in [2.05, 4.69) is 44.0 Å². The van der Waals surface area contributed by atoms with Crippen LogP contribution in [0.5, 0.6) is 6.01 Å². The van der Waals surface area contributed by atoms with Crippen molar-refractivity contribution in [1.82, 2.24) is 19.8 Å². The van der Waals surface area contributed by atoms with E-state index in [4.69, 9.17) is 4.74 Å². The summed E-state index contributed by atoms with van der Waals surface area (Å²) >= 11 is 0. The fourth-order valence-electron chi connectivity index (χ4n) is 4.06. The molecule has 1 fully saturated rings. The lowest BCUT2D eigenvalue weighted by molar-refractivity contribution is 0.0948. The van der Waals surface area contributed by atoms with E-state index in [1.165, 1.54) is 36.9 Å². The van der Waals surface area contributed by atoms with Crippen LogP contribution in [0.2, 0.25) is 0 Å². The summed E-state index contributed by atoms with van der Waals surface area (Å²) in [6, 6.07) is 10.1. The van der Waals surface area contributed by atoms with Gasteiger partial charge in [0.25, 0.3) is 0 Å². The molecule has 1 saturated heterocycles. The van der Waals surface area contributed by atoms with Gasteiger partial charge in [-0.05, 0) is 43.5 Å². The maximum absolute atomic E-state index is 5.02. The number of benzene rings is 1. The van der Waals surface area contributed by atoms with E-state index in [1.807, 2.05) is 12.4 Å². The molecule has 1 aromatic heterocycles. The van der Waals surface area contributed by atoms with E-state index in [-0.39, 0.29) is 0 Å². The minimum absolute atomic E-state index is 0.438. The van der Waals surface area contributed by atoms with Gasteiger partial charge in [0.2, 0.25) is 0 Å². The Morgan fingerprint density at radius 3 is 2.48 bits per heavy atom. The van der Waals surface area contributed by atoms with Gasteiger partial charge in [-0.1, -0.05) is 24.3 Å². The molecule has 2 aliphatic heterocycles. The summed E-state index contributed by atoms with van der Waals surface area (Å²) in [5.41, 5.74) is 4.22. The Labute approximate surface area is 149 Å². The highest BCUT2D eigenvalue weighted by Gasteiger charge is 2.27. The minimum atomic E-state index is 0.438. The topological polar surface area (TPSA) is 41.5 Å². The van der Waals surface area contributed by atoms with Crippen molar-refractivity contribution in [2.45, 2.75) is 38.4 Å². The molecule has 0 amide bonds. The molecule has 0 saturated carbocycles. The molecular formula is C20H26N4O. The third-order valence-electron chi connectivity index (χ3n) is 5.50. The Balaban J connectivity index is 1.30. The standard InChI is InChI=1S/C20H26N4O/c1-25-20-21-12-16(13-22-20)14-23-9-7-19(8-10-23)24-11-6-17-4-2-3-5-18(17)15-24/h2-5,12-13,19H,6-11,14-15H2,1H3. The number of ether oxygens (including phenoxy) is 1. The molecule has 25 heavy (non-hydrogen) atoms. The third kappa shape index (κ3) is 3.83. The maximum Gasteiger partial charge on any atom is 0.316 e. The first-order chi connectivity index (χ1) is 12.3. The summed E-state index contributed by atoms with van der Waals surface area (Å²) in [5.74, 6) is 0. The zero-order valence-electron chi connectivity index (χ0n) is 14.9. The molecular weight excluding hydrogens is 312 g/mol. The fourth-order valence-corrected chi connectivity index (χ4v) is 4.06. The first-order valence-electron chi connectivity index (χ1n) is 9.20. The molecule has 2 aliphatic rings. The molecule has 2 aromatic rings. The van der Waals surface area contributed by atoms with Gasteiger partial charge in [-0.2, -0.15) is 0 Å². The van der Waals surface area contributed by atoms with Crippen LogP contribution in [0.1, 0.15) is 29.5 Å². The smallest absolute Gasteiger partial charge is 0.316 e. The number of methoxy groups -OCH3 is 1. The number of fused-ring (bicyclic) bond motifs is 1. The SMILES string of the molecule is COc1ncc(CN2CCC(N3CCc4ccccc4C3)CC2)cn1. The van der Waals surface area contributed by atoms with Crippen molar-refractivity contribution >= 4 is 0 Å². The van der Waals surface area contributed by atoms with Crippen LogP contribution in [0.15, 0.2) is 36.7 Å². The predicted octanol–water partition coefficient (Wildman–Crippen LogP) is 2.51. The number of nitrogens with zero attached hydrogens (tertiary/aromatic N) is 4. The Morgan fingerprint density at radius 2 is 1.76 bits per heavy atom. The molecule has 5 heteroatoms. The van der Waals surface area contributed by atoms with Gasteiger partial charge in [-0.3, -0.25) is 9.80 Å². The van der Waals surface area contributed by atoms with Crippen LogP contribution < -0.4 is 4.74 Å². The summed E-state index contributed by atoms with van der Waals surface area (Å²) in [7, 11) is 1.60. The molecule has 0 unspecified atom stereocenters. The molecule has 0 aliphatic carbocycles. The third-order valence-corrected chi connectivity index (χ3v) is 5.50. The van der Waals surface area contributed by atoms with Crippen molar-refractivity contribution < 1.29 is 4.74 Å². The van der Waals surface area contributed by atoms with Gasteiger partial charge in [-0.25, -0.2) is 9.97 Å².